The number of hydrogen-bond donors (Lipinski definition) is 4. The van der Waals surface area contributed by atoms with E-state index in [2.05, 4.69) is 10.6 Å². The number of anilines is 1. The second kappa shape index (κ2) is 6.44. The number of amides is 2. The third-order valence-electron chi connectivity index (χ3n) is 2.24. The van der Waals surface area contributed by atoms with Crippen LogP contribution in [0.3, 0.4) is 0 Å². The second-order valence-electron chi connectivity index (χ2n) is 3.72. The summed E-state index contributed by atoms with van der Waals surface area (Å²) in [5, 5.41) is 14.7. The Morgan fingerprint density at radius 1 is 1.53 bits per heavy atom. The summed E-state index contributed by atoms with van der Waals surface area (Å²) in [6.45, 7) is 1.76. The molecule has 2 unspecified atom stereocenters. The summed E-state index contributed by atoms with van der Waals surface area (Å²) in [6.07, 6.45) is -0.671. The number of aliphatic hydroxyl groups is 1. The van der Waals surface area contributed by atoms with E-state index in [-0.39, 0.29) is 6.54 Å². The van der Waals surface area contributed by atoms with Crippen molar-refractivity contribution in [3.8, 4) is 0 Å². The molecule has 2 atom stereocenters. The molecule has 94 valence electrons. The average Bonchev–Trinajstić information content (AvgIpc) is 2.29. The van der Waals surface area contributed by atoms with Crippen LogP contribution in [0.4, 0.5) is 10.5 Å². The second-order valence-corrected chi connectivity index (χ2v) is 4.13. The van der Waals surface area contributed by atoms with Crippen molar-refractivity contribution in [2.24, 2.45) is 5.73 Å². The highest BCUT2D eigenvalue weighted by Gasteiger charge is 2.11. The Morgan fingerprint density at radius 2 is 2.18 bits per heavy atom. The van der Waals surface area contributed by atoms with E-state index in [1.54, 1.807) is 31.2 Å². The molecule has 1 rings (SSSR count). The molecule has 0 aromatic heterocycles. The molecule has 0 aliphatic heterocycles. The first-order chi connectivity index (χ1) is 8.00. The van der Waals surface area contributed by atoms with Crippen LogP contribution in [0.5, 0.6) is 0 Å². The lowest BCUT2D eigenvalue weighted by Gasteiger charge is -2.15. The van der Waals surface area contributed by atoms with Gasteiger partial charge in [0.25, 0.3) is 0 Å². The highest BCUT2D eigenvalue weighted by atomic mass is 35.5. The van der Waals surface area contributed by atoms with E-state index in [4.69, 9.17) is 22.4 Å². The Labute approximate surface area is 105 Å². The molecule has 6 heteroatoms. The van der Waals surface area contributed by atoms with Crippen molar-refractivity contribution in [1.29, 1.82) is 0 Å². The number of carbonyl (C=O) groups excluding carboxylic acids is 1. The van der Waals surface area contributed by atoms with Crippen molar-refractivity contribution >= 4 is 23.3 Å². The van der Waals surface area contributed by atoms with Crippen LogP contribution in [0.1, 0.15) is 6.92 Å². The Balaban J connectivity index is 2.43. The van der Waals surface area contributed by atoms with E-state index in [9.17, 15) is 4.79 Å². The molecule has 0 saturated heterocycles. The van der Waals surface area contributed by atoms with Gasteiger partial charge in [0.1, 0.15) is 0 Å². The van der Waals surface area contributed by atoms with Crippen molar-refractivity contribution < 1.29 is 9.90 Å². The molecule has 0 spiro atoms. The topological polar surface area (TPSA) is 87.4 Å². The summed E-state index contributed by atoms with van der Waals surface area (Å²) < 4.78 is 0. The molecule has 0 fully saturated rings. The van der Waals surface area contributed by atoms with Crippen molar-refractivity contribution in [1.82, 2.24) is 5.32 Å². The lowest BCUT2D eigenvalue weighted by Crippen LogP contribution is -2.44. The molecule has 0 heterocycles. The SMILES string of the molecule is CC(O)C(N)CNC(=O)Nc1ccccc1Cl. The molecule has 1 aromatic rings. The van der Waals surface area contributed by atoms with Gasteiger partial charge in [-0.3, -0.25) is 0 Å². The number of para-hydroxylation sites is 1. The van der Waals surface area contributed by atoms with Crippen LogP contribution in [-0.2, 0) is 0 Å². The highest BCUT2D eigenvalue weighted by Crippen LogP contribution is 2.19. The van der Waals surface area contributed by atoms with Crippen LogP contribution in [-0.4, -0.2) is 29.8 Å². The molecule has 0 aliphatic carbocycles. The summed E-state index contributed by atoms with van der Waals surface area (Å²) >= 11 is 5.87. The van der Waals surface area contributed by atoms with Crippen LogP contribution in [0.25, 0.3) is 0 Å². The standard InChI is InChI=1S/C11H16ClN3O2/c1-7(16)9(13)6-14-11(17)15-10-5-3-2-4-8(10)12/h2-5,7,9,16H,6,13H2,1H3,(H2,14,15,17). The van der Waals surface area contributed by atoms with Crippen LogP contribution < -0.4 is 16.4 Å². The van der Waals surface area contributed by atoms with E-state index in [0.29, 0.717) is 10.7 Å². The van der Waals surface area contributed by atoms with Gasteiger partial charge < -0.3 is 21.5 Å². The molecular weight excluding hydrogens is 242 g/mol. The number of hydrogen-bond acceptors (Lipinski definition) is 3. The van der Waals surface area contributed by atoms with Crippen molar-refractivity contribution in [2.75, 3.05) is 11.9 Å². The molecule has 0 radical (unpaired) electrons. The van der Waals surface area contributed by atoms with E-state index in [0.717, 1.165) is 0 Å². The predicted molar refractivity (Wildman–Crippen MR) is 68.1 cm³/mol. The van der Waals surface area contributed by atoms with E-state index < -0.39 is 18.2 Å². The highest BCUT2D eigenvalue weighted by molar-refractivity contribution is 6.33. The number of carbonyl (C=O) groups is 1. The van der Waals surface area contributed by atoms with Gasteiger partial charge in [-0.15, -0.1) is 0 Å². The van der Waals surface area contributed by atoms with Gasteiger partial charge in [-0.1, -0.05) is 23.7 Å². The first kappa shape index (κ1) is 13.8. The molecule has 1 aromatic carbocycles. The maximum atomic E-state index is 11.5. The third kappa shape index (κ3) is 4.60. The molecule has 0 aliphatic rings. The summed E-state index contributed by atoms with van der Waals surface area (Å²) in [6, 6.07) is 6.01. The van der Waals surface area contributed by atoms with Gasteiger partial charge in [0.15, 0.2) is 0 Å². The van der Waals surface area contributed by atoms with Gasteiger partial charge in [0.2, 0.25) is 0 Å². The number of nitrogens with one attached hydrogen (secondary N) is 2. The van der Waals surface area contributed by atoms with Gasteiger partial charge in [0.05, 0.1) is 16.8 Å². The summed E-state index contributed by atoms with van der Waals surface area (Å²) in [4.78, 5) is 11.5. The number of halogens is 1. The van der Waals surface area contributed by atoms with Gasteiger partial charge >= 0.3 is 6.03 Å². The zero-order chi connectivity index (χ0) is 12.8. The van der Waals surface area contributed by atoms with Crippen molar-refractivity contribution in [3.05, 3.63) is 29.3 Å². The van der Waals surface area contributed by atoms with Crippen LogP contribution in [0.15, 0.2) is 24.3 Å². The van der Waals surface area contributed by atoms with Crippen LogP contribution >= 0.6 is 11.6 Å². The van der Waals surface area contributed by atoms with E-state index in [1.165, 1.54) is 0 Å². The normalized spacial score (nSPS) is 13.9. The van der Waals surface area contributed by atoms with Gasteiger partial charge in [-0.25, -0.2) is 4.79 Å². The van der Waals surface area contributed by atoms with Gasteiger partial charge in [-0.05, 0) is 19.1 Å². The number of rotatable bonds is 4. The third-order valence-corrected chi connectivity index (χ3v) is 2.57. The minimum absolute atomic E-state index is 0.188. The minimum Gasteiger partial charge on any atom is -0.392 e. The Morgan fingerprint density at radius 3 is 2.76 bits per heavy atom. The maximum Gasteiger partial charge on any atom is 0.319 e. The molecule has 17 heavy (non-hydrogen) atoms. The van der Waals surface area contributed by atoms with Crippen LogP contribution in [0.2, 0.25) is 5.02 Å². The number of urea groups is 1. The van der Waals surface area contributed by atoms with Gasteiger partial charge in [0, 0.05) is 12.6 Å². The molecular formula is C11H16ClN3O2. The molecule has 0 saturated carbocycles. The lowest BCUT2D eigenvalue weighted by molar-refractivity contribution is 0.162. The van der Waals surface area contributed by atoms with Gasteiger partial charge in [-0.2, -0.15) is 0 Å². The zero-order valence-electron chi connectivity index (χ0n) is 9.48. The minimum atomic E-state index is -0.671. The Hall–Kier alpha value is -1.30. The first-order valence-electron chi connectivity index (χ1n) is 5.23. The maximum absolute atomic E-state index is 11.5. The quantitative estimate of drug-likeness (QED) is 0.653. The van der Waals surface area contributed by atoms with Crippen LogP contribution in [0, 0.1) is 0 Å². The molecule has 0 bridgehead atoms. The number of aliphatic hydroxyl groups excluding tert-OH is 1. The first-order valence-corrected chi connectivity index (χ1v) is 5.61. The zero-order valence-corrected chi connectivity index (χ0v) is 10.2. The smallest absolute Gasteiger partial charge is 0.319 e. The fraction of sp³-hybridized carbons (Fsp3) is 0.364. The van der Waals surface area contributed by atoms with E-state index >= 15 is 0 Å². The molecule has 2 amide bonds. The monoisotopic (exact) mass is 257 g/mol. The number of benzene rings is 1. The Kier molecular flexibility index (Phi) is 5.21. The predicted octanol–water partition coefficient (Wildman–Crippen LogP) is 1.17. The van der Waals surface area contributed by atoms with Crippen molar-refractivity contribution in [2.45, 2.75) is 19.1 Å². The summed E-state index contributed by atoms with van der Waals surface area (Å²) in [7, 11) is 0. The molecule has 5 nitrogen and oxygen atoms in total. The average molecular weight is 258 g/mol. The largest absolute Gasteiger partial charge is 0.392 e. The number of nitrogens with two attached hydrogens (primary N) is 1. The Bertz CT molecular complexity index is 385. The summed E-state index contributed by atoms with van der Waals surface area (Å²) in [5.41, 5.74) is 6.09. The molecule has 5 N–H and O–H groups in total. The van der Waals surface area contributed by atoms with E-state index in [1.807, 2.05) is 0 Å². The lowest BCUT2D eigenvalue weighted by atomic mass is 10.2. The van der Waals surface area contributed by atoms with Crippen molar-refractivity contribution in [3.63, 3.8) is 0 Å². The fourth-order valence-corrected chi connectivity index (χ4v) is 1.29. The summed E-state index contributed by atoms with van der Waals surface area (Å²) in [5.74, 6) is 0. The fourth-order valence-electron chi connectivity index (χ4n) is 1.11.